The van der Waals surface area contributed by atoms with Crippen LogP contribution in [-0.2, 0) is 0 Å². The molecule has 0 saturated heterocycles. The van der Waals surface area contributed by atoms with Crippen LogP contribution in [0.1, 0.15) is 39.5 Å². The first kappa shape index (κ1) is 37.6. The second kappa shape index (κ2) is 22.3. The molecule has 0 radical (unpaired) electrons. The van der Waals surface area contributed by atoms with Crippen molar-refractivity contribution >= 4 is 36.0 Å². The summed E-state index contributed by atoms with van der Waals surface area (Å²) in [7, 11) is 1.80. The summed E-state index contributed by atoms with van der Waals surface area (Å²) >= 11 is 0. The highest BCUT2D eigenvalue weighted by Gasteiger charge is 2.16. The molecule has 0 unspecified atom stereocenters. The fraction of sp³-hybridized carbons (Fsp3) is 0.739. The lowest BCUT2D eigenvalue weighted by Crippen LogP contribution is -2.53. The van der Waals surface area contributed by atoms with Crippen molar-refractivity contribution in [3.63, 3.8) is 0 Å². The zero-order chi connectivity index (χ0) is 31.9. The molecule has 0 spiro atoms. The van der Waals surface area contributed by atoms with E-state index in [-0.39, 0.29) is 55.7 Å². The number of primary amides is 1. The van der Waals surface area contributed by atoms with Crippen LogP contribution in [-0.4, -0.2) is 107 Å². The Morgan fingerprint density at radius 3 is 1.45 bits per heavy atom. The number of amides is 8. The predicted octanol–water partition coefficient (Wildman–Crippen LogP) is -3.19. The van der Waals surface area contributed by atoms with E-state index in [1.165, 1.54) is 0 Å². The highest BCUT2D eigenvalue weighted by molar-refractivity contribution is 5.77. The van der Waals surface area contributed by atoms with Crippen LogP contribution in [0.5, 0.6) is 0 Å². The average molecular weight is 602 g/mol. The summed E-state index contributed by atoms with van der Waals surface area (Å²) in [5.74, 6) is -0.244. The molecule has 18 N–H and O–H groups in total. The Bertz CT molecular complexity index is 860. The van der Waals surface area contributed by atoms with Gasteiger partial charge >= 0.3 is 24.1 Å². The van der Waals surface area contributed by atoms with Gasteiger partial charge in [0.15, 0.2) is 11.9 Å². The first-order valence-electron chi connectivity index (χ1n) is 13.8. The van der Waals surface area contributed by atoms with Crippen molar-refractivity contribution in [2.45, 2.75) is 63.7 Å². The van der Waals surface area contributed by atoms with Gasteiger partial charge in [-0.1, -0.05) is 0 Å². The van der Waals surface area contributed by atoms with E-state index in [0.29, 0.717) is 32.5 Å². The van der Waals surface area contributed by atoms with E-state index < -0.39 is 24.1 Å². The summed E-state index contributed by atoms with van der Waals surface area (Å²) in [6, 6.07) is -3.20. The molecular weight excluding hydrogens is 550 g/mol. The first-order valence-corrected chi connectivity index (χ1v) is 13.8. The van der Waals surface area contributed by atoms with Crippen LogP contribution in [0, 0.1) is 10.8 Å². The van der Waals surface area contributed by atoms with Crippen molar-refractivity contribution in [2.75, 3.05) is 46.3 Å². The second-order valence-electron chi connectivity index (χ2n) is 9.76. The van der Waals surface area contributed by atoms with E-state index in [0.717, 1.165) is 12.8 Å². The van der Waals surface area contributed by atoms with Crippen molar-refractivity contribution in [1.82, 2.24) is 53.2 Å². The van der Waals surface area contributed by atoms with E-state index in [1.807, 2.05) is 0 Å². The molecule has 0 saturated carbocycles. The first-order chi connectivity index (χ1) is 19.8. The minimum absolute atomic E-state index is 0.0389. The standard InChI is InChI=1S/C23H51N15O4/c1-14(10-32-20(28)39)36-22(41)35-13-17(7-5-9-31-19(26)27)38-23(42)33-11-15(2)37-21(40)34-12-16(29-3)6-4-8-30-18(24)25/h14-17,29H,4-13H2,1-3H3,(H4,24,25,30)(H4,26,27,31)(H3,28,32,39)(H2,33,38,42)(H2,34,37,40)(H2,35,36,41)/t14-,15-,16-,17-/m0/s1. The number of nitrogens with one attached hydrogen (secondary N) is 12. The molecule has 8 amide bonds. The van der Waals surface area contributed by atoms with Gasteiger partial charge in [-0.3, -0.25) is 10.8 Å². The Labute approximate surface area is 246 Å². The van der Waals surface area contributed by atoms with E-state index in [1.54, 1.807) is 20.9 Å². The highest BCUT2D eigenvalue weighted by Crippen LogP contribution is 1.97. The van der Waals surface area contributed by atoms with Crippen molar-refractivity contribution in [1.29, 1.82) is 10.8 Å². The van der Waals surface area contributed by atoms with E-state index in [2.05, 4.69) is 53.2 Å². The number of hydrogen-bond donors (Lipinski definition) is 15. The van der Waals surface area contributed by atoms with E-state index in [4.69, 9.17) is 28.0 Å². The lowest BCUT2D eigenvalue weighted by atomic mass is 10.1. The molecular formula is C23H51N15O4. The topological polar surface area (TPSA) is 314 Å². The van der Waals surface area contributed by atoms with Gasteiger partial charge in [-0.2, -0.15) is 0 Å². The smallest absolute Gasteiger partial charge is 0.315 e. The minimum Gasteiger partial charge on any atom is -0.370 e. The van der Waals surface area contributed by atoms with Gasteiger partial charge in [-0.25, -0.2) is 19.2 Å². The third-order valence-corrected chi connectivity index (χ3v) is 5.76. The SMILES string of the molecule is CN[C@@H](CCCNC(=N)N)CNC(=O)N[C@@H](C)CNC(=O)N[C@@H](CCCNC(=N)N)CNC(=O)N[C@@H](C)CNC(N)=O. The summed E-state index contributed by atoms with van der Waals surface area (Å²) in [6.45, 7) is 5.24. The average Bonchev–Trinajstić information content (AvgIpc) is 2.90. The number of carbonyl (C=O) groups excluding carboxylic acids is 4. The Hall–Kier alpha value is -4.42. The molecule has 0 aliphatic heterocycles. The van der Waals surface area contributed by atoms with Gasteiger partial charge in [-0.05, 0) is 46.6 Å². The van der Waals surface area contributed by atoms with Gasteiger partial charge in [0, 0.05) is 63.4 Å². The summed E-state index contributed by atoms with van der Waals surface area (Å²) < 4.78 is 0. The van der Waals surface area contributed by atoms with Crippen molar-refractivity contribution in [2.24, 2.45) is 17.2 Å². The Morgan fingerprint density at radius 2 is 1.00 bits per heavy atom. The number of carbonyl (C=O) groups is 4. The zero-order valence-electron chi connectivity index (χ0n) is 24.7. The molecule has 19 nitrogen and oxygen atoms in total. The third kappa shape index (κ3) is 22.4. The van der Waals surface area contributed by atoms with Crippen LogP contribution in [0.2, 0.25) is 0 Å². The lowest BCUT2D eigenvalue weighted by molar-refractivity contribution is 0.226. The minimum atomic E-state index is -0.697. The molecule has 0 fully saturated rings. The fourth-order valence-corrected chi connectivity index (χ4v) is 3.54. The molecule has 242 valence electrons. The zero-order valence-corrected chi connectivity index (χ0v) is 24.7. The molecule has 0 heterocycles. The number of nitrogens with two attached hydrogens (primary N) is 3. The quantitative estimate of drug-likeness (QED) is 0.0379. The molecule has 0 bridgehead atoms. The summed E-state index contributed by atoms with van der Waals surface area (Å²) in [5, 5.41) is 41.7. The third-order valence-electron chi connectivity index (χ3n) is 5.76. The van der Waals surface area contributed by atoms with Crippen LogP contribution in [0.3, 0.4) is 0 Å². The Kier molecular flexibility index (Phi) is 19.9. The maximum Gasteiger partial charge on any atom is 0.315 e. The number of rotatable bonds is 20. The second-order valence-corrected chi connectivity index (χ2v) is 9.76. The molecule has 0 aromatic carbocycles. The molecule has 0 aromatic rings. The van der Waals surface area contributed by atoms with Gasteiger partial charge in [0.05, 0.1) is 0 Å². The molecule has 0 aliphatic carbocycles. The Balaban J connectivity index is 4.58. The number of hydrogen-bond acceptors (Lipinski definition) is 7. The Morgan fingerprint density at radius 1 is 0.595 bits per heavy atom. The van der Waals surface area contributed by atoms with Gasteiger partial charge < -0.3 is 70.4 Å². The van der Waals surface area contributed by atoms with Gasteiger partial charge in [0.2, 0.25) is 0 Å². The molecule has 0 aromatic heterocycles. The van der Waals surface area contributed by atoms with E-state index in [9.17, 15) is 19.2 Å². The molecule has 0 rings (SSSR count). The maximum atomic E-state index is 12.5. The maximum absolute atomic E-state index is 12.5. The largest absolute Gasteiger partial charge is 0.370 e. The van der Waals surface area contributed by atoms with Crippen LogP contribution >= 0.6 is 0 Å². The van der Waals surface area contributed by atoms with Crippen LogP contribution in [0.4, 0.5) is 19.2 Å². The monoisotopic (exact) mass is 601 g/mol. The van der Waals surface area contributed by atoms with Crippen LogP contribution < -0.4 is 70.4 Å². The van der Waals surface area contributed by atoms with Gasteiger partial charge in [0.1, 0.15) is 0 Å². The summed E-state index contributed by atoms with van der Waals surface area (Å²) in [6.07, 6.45) is 2.57. The molecule has 4 atom stereocenters. The summed E-state index contributed by atoms with van der Waals surface area (Å²) in [5.41, 5.74) is 15.6. The molecule has 42 heavy (non-hydrogen) atoms. The highest BCUT2D eigenvalue weighted by atomic mass is 16.2. The fourth-order valence-electron chi connectivity index (χ4n) is 3.54. The van der Waals surface area contributed by atoms with Crippen molar-refractivity contribution in [3.05, 3.63) is 0 Å². The number of guanidine groups is 2. The van der Waals surface area contributed by atoms with Gasteiger partial charge in [-0.15, -0.1) is 0 Å². The summed E-state index contributed by atoms with van der Waals surface area (Å²) in [4.78, 5) is 47.8. The van der Waals surface area contributed by atoms with Gasteiger partial charge in [0.25, 0.3) is 0 Å². The van der Waals surface area contributed by atoms with E-state index >= 15 is 0 Å². The predicted molar refractivity (Wildman–Crippen MR) is 161 cm³/mol. The molecule has 19 heteroatoms. The van der Waals surface area contributed by atoms with Crippen molar-refractivity contribution < 1.29 is 19.2 Å². The lowest BCUT2D eigenvalue weighted by Gasteiger charge is -2.22. The number of urea groups is 4. The normalized spacial score (nSPS) is 13.2. The van der Waals surface area contributed by atoms with Crippen LogP contribution in [0.25, 0.3) is 0 Å². The molecule has 0 aliphatic rings. The van der Waals surface area contributed by atoms with Crippen LogP contribution in [0.15, 0.2) is 0 Å². The van der Waals surface area contributed by atoms with Crippen molar-refractivity contribution in [3.8, 4) is 0 Å². The number of likely N-dealkylation sites (N-methyl/N-ethyl adjacent to an activating group) is 1.